The summed E-state index contributed by atoms with van der Waals surface area (Å²) in [5.41, 5.74) is 1.14. The average molecular weight is 389 g/mol. The van der Waals surface area contributed by atoms with Crippen molar-refractivity contribution in [3.05, 3.63) is 51.6 Å². The summed E-state index contributed by atoms with van der Waals surface area (Å²) in [6.07, 6.45) is 0. The fourth-order valence-corrected chi connectivity index (χ4v) is 3.87. The molecule has 2 heterocycles. The molecule has 0 radical (unpaired) electrons. The number of thiophene rings is 1. The number of rotatable bonds is 5. The zero-order chi connectivity index (χ0) is 18.7. The number of methoxy groups -OCH3 is 1. The lowest BCUT2D eigenvalue weighted by Crippen LogP contribution is -2.21. The lowest BCUT2D eigenvalue weighted by Gasteiger charge is -2.10. The second-order valence-electron chi connectivity index (χ2n) is 5.27. The van der Waals surface area contributed by atoms with Crippen molar-refractivity contribution < 1.29 is 14.3 Å². The number of thioether (sulfide) groups is 1. The van der Waals surface area contributed by atoms with Gasteiger partial charge in [0.05, 0.1) is 29.6 Å². The highest BCUT2D eigenvalue weighted by molar-refractivity contribution is 7.99. The van der Waals surface area contributed by atoms with Gasteiger partial charge in [-0.25, -0.2) is 9.78 Å². The van der Waals surface area contributed by atoms with E-state index in [4.69, 9.17) is 4.74 Å². The monoisotopic (exact) mass is 389 g/mol. The highest BCUT2D eigenvalue weighted by atomic mass is 32.2. The molecule has 0 aliphatic heterocycles. The van der Waals surface area contributed by atoms with E-state index in [1.807, 2.05) is 5.38 Å². The van der Waals surface area contributed by atoms with Crippen molar-refractivity contribution in [1.29, 1.82) is 0 Å². The Bertz CT molecular complexity index is 1040. The molecule has 0 saturated heterocycles. The maximum Gasteiger partial charge on any atom is 0.339 e. The minimum absolute atomic E-state index is 0.0471. The third-order valence-corrected chi connectivity index (χ3v) is 5.51. The van der Waals surface area contributed by atoms with Gasteiger partial charge < -0.3 is 10.1 Å². The molecule has 0 saturated carbocycles. The van der Waals surface area contributed by atoms with Crippen LogP contribution < -0.4 is 10.9 Å². The van der Waals surface area contributed by atoms with Crippen LogP contribution in [0.4, 0.5) is 5.69 Å². The molecule has 1 N–H and O–H groups in total. The Morgan fingerprint density at radius 1 is 1.31 bits per heavy atom. The second-order valence-corrected chi connectivity index (χ2v) is 7.13. The van der Waals surface area contributed by atoms with Crippen LogP contribution in [-0.2, 0) is 16.6 Å². The number of carbonyl (C=O) groups is 2. The molecule has 2 aromatic heterocycles. The highest BCUT2D eigenvalue weighted by Gasteiger charge is 2.15. The predicted octanol–water partition coefficient (Wildman–Crippen LogP) is 2.51. The molecule has 1 amide bonds. The Balaban J connectivity index is 1.73. The molecule has 26 heavy (non-hydrogen) atoms. The van der Waals surface area contributed by atoms with Crippen LogP contribution in [0.1, 0.15) is 10.4 Å². The van der Waals surface area contributed by atoms with Crippen molar-refractivity contribution in [3.63, 3.8) is 0 Å². The van der Waals surface area contributed by atoms with Crippen molar-refractivity contribution in [3.8, 4) is 0 Å². The normalized spacial score (nSPS) is 10.7. The van der Waals surface area contributed by atoms with E-state index in [2.05, 4.69) is 10.3 Å². The molecule has 0 spiro atoms. The molecule has 0 unspecified atom stereocenters. The van der Waals surface area contributed by atoms with Gasteiger partial charge in [0, 0.05) is 7.05 Å². The first kappa shape index (κ1) is 18.2. The number of nitrogens with zero attached hydrogens (tertiary/aromatic N) is 2. The zero-order valence-electron chi connectivity index (χ0n) is 14.0. The number of para-hydroxylation sites is 1. The van der Waals surface area contributed by atoms with Crippen molar-refractivity contribution in [2.24, 2.45) is 7.05 Å². The van der Waals surface area contributed by atoms with Gasteiger partial charge in [-0.05, 0) is 23.6 Å². The van der Waals surface area contributed by atoms with E-state index in [1.54, 1.807) is 37.4 Å². The van der Waals surface area contributed by atoms with Crippen LogP contribution in [0.25, 0.3) is 10.2 Å². The van der Waals surface area contributed by atoms with Crippen LogP contribution in [0, 0.1) is 0 Å². The largest absolute Gasteiger partial charge is 0.465 e. The summed E-state index contributed by atoms with van der Waals surface area (Å²) >= 11 is 2.50. The summed E-state index contributed by atoms with van der Waals surface area (Å²) in [5, 5.41) is 4.95. The molecule has 9 heteroatoms. The number of ether oxygens (including phenoxy) is 1. The minimum Gasteiger partial charge on any atom is -0.465 e. The summed E-state index contributed by atoms with van der Waals surface area (Å²) < 4.78 is 6.73. The number of aromatic nitrogens is 2. The summed E-state index contributed by atoms with van der Waals surface area (Å²) in [6, 6.07) is 8.38. The molecule has 0 aliphatic carbocycles. The van der Waals surface area contributed by atoms with Crippen LogP contribution in [0.5, 0.6) is 0 Å². The molecule has 1 aromatic carbocycles. The Labute approximate surface area is 157 Å². The molecule has 3 rings (SSSR count). The number of amides is 1. The van der Waals surface area contributed by atoms with Crippen LogP contribution in [0.2, 0.25) is 0 Å². The van der Waals surface area contributed by atoms with Gasteiger partial charge in [-0.2, -0.15) is 0 Å². The maximum atomic E-state index is 12.3. The number of fused-ring (bicyclic) bond motifs is 1. The smallest absolute Gasteiger partial charge is 0.339 e. The third kappa shape index (κ3) is 3.63. The molecular weight excluding hydrogens is 374 g/mol. The van der Waals surface area contributed by atoms with Crippen LogP contribution in [-0.4, -0.2) is 34.3 Å². The van der Waals surface area contributed by atoms with Crippen LogP contribution in [0.3, 0.4) is 0 Å². The van der Waals surface area contributed by atoms with E-state index >= 15 is 0 Å². The number of nitrogens with one attached hydrogen (secondary N) is 1. The van der Waals surface area contributed by atoms with Gasteiger partial charge in [-0.1, -0.05) is 23.9 Å². The zero-order valence-corrected chi connectivity index (χ0v) is 15.6. The molecule has 0 bridgehead atoms. The standard InChI is InChI=1S/C17H15N3O4S2/c1-20-15(22)14-12(7-8-25-14)19-17(20)26-9-13(21)18-11-6-4-3-5-10(11)16(23)24-2/h3-8H,9H2,1-2H3,(H,18,21). The van der Waals surface area contributed by atoms with Gasteiger partial charge in [0.25, 0.3) is 5.56 Å². The van der Waals surface area contributed by atoms with Crippen LogP contribution >= 0.6 is 23.1 Å². The molecule has 0 atom stereocenters. The SMILES string of the molecule is COC(=O)c1ccccc1NC(=O)CSc1nc2ccsc2c(=O)n1C. The van der Waals surface area contributed by atoms with E-state index < -0.39 is 5.97 Å². The van der Waals surface area contributed by atoms with Crippen molar-refractivity contribution in [2.75, 3.05) is 18.2 Å². The van der Waals surface area contributed by atoms with E-state index in [0.717, 1.165) is 11.8 Å². The molecule has 3 aromatic rings. The Kier molecular flexibility index (Phi) is 5.38. The number of benzene rings is 1. The van der Waals surface area contributed by atoms with E-state index in [0.29, 0.717) is 21.1 Å². The number of esters is 1. The van der Waals surface area contributed by atoms with Gasteiger partial charge in [0.15, 0.2) is 5.16 Å². The number of anilines is 1. The van der Waals surface area contributed by atoms with E-state index in [9.17, 15) is 14.4 Å². The van der Waals surface area contributed by atoms with Gasteiger partial charge in [0.2, 0.25) is 5.91 Å². The molecule has 7 nitrogen and oxygen atoms in total. The van der Waals surface area contributed by atoms with E-state index in [1.165, 1.54) is 23.0 Å². The van der Waals surface area contributed by atoms with Gasteiger partial charge in [0.1, 0.15) is 4.70 Å². The Hall–Kier alpha value is -2.65. The Morgan fingerprint density at radius 3 is 2.85 bits per heavy atom. The minimum atomic E-state index is -0.527. The third-order valence-electron chi connectivity index (χ3n) is 3.59. The van der Waals surface area contributed by atoms with Gasteiger partial charge in [-0.15, -0.1) is 11.3 Å². The average Bonchev–Trinajstić information content (AvgIpc) is 3.12. The quantitative estimate of drug-likeness (QED) is 0.410. The molecule has 134 valence electrons. The summed E-state index contributed by atoms with van der Waals surface area (Å²) in [6.45, 7) is 0. The van der Waals surface area contributed by atoms with Gasteiger partial charge >= 0.3 is 5.97 Å². The number of carbonyl (C=O) groups excluding carboxylic acids is 2. The lowest BCUT2D eigenvalue weighted by atomic mass is 10.2. The first-order valence-electron chi connectivity index (χ1n) is 7.55. The fourth-order valence-electron chi connectivity index (χ4n) is 2.29. The highest BCUT2D eigenvalue weighted by Crippen LogP contribution is 2.21. The predicted molar refractivity (Wildman–Crippen MR) is 102 cm³/mol. The first-order valence-corrected chi connectivity index (χ1v) is 9.42. The number of hydrogen-bond acceptors (Lipinski definition) is 7. The first-order chi connectivity index (χ1) is 12.5. The van der Waals surface area contributed by atoms with Crippen molar-refractivity contribution in [2.45, 2.75) is 5.16 Å². The van der Waals surface area contributed by atoms with Crippen LogP contribution in [0.15, 0.2) is 45.7 Å². The Morgan fingerprint density at radius 2 is 2.08 bits per heavy atom. The summed E-state index contributed by atoms with van der Waals surface area (Å²) in [7, 11) is 2.91. The topological polar surface area (TPSA) is 90.3 Å². The molecule has 0 aliphatic rings. The van der Waals surface area contributed by atoms with Crippen molar-refractivity contribution >= 4 is 50.9 Å². The van der Waals surface area contributed by atoms with Crippen molar-refractivity contribution in [1.82, 2.24) is 9.55 Å². The summed E-state index contributed by atoms with van der Waals surface area (Å²) in [4.78, 5) is 40.7. The fraction of sp³-hybridized carbons (Fsp3) is 0.176. The summed E-state index contributed by atoms with van der Waals surface area (Å²) in [5.74, 6) is -0.794. The second kappa shape index (κ2) is 7.71. The molecule has 0 fully saturated rings. The lowest BCUT2D eigenvalue weighted by molar-refractivity contribution is -0.113. The van der Waals surface area contributed by atoms with Gasteiger partial charge in [-0.3, -0.25) is 14.2 Å². The van der Waals surface area contributed by atoms with E-state index in [-0.39, 0.29) is 22.8 Å². The molecular formula is C17H15N3O4S2. The maximum absolute atomic E-state index is 12.3. The number of hydrogen-bond donors (Lipinski definition) is 1.